The van der Waals surface area contributed by atoms with Crippen LogP contribution in [0.3, 0.4) is 0 Å². The van der Waals surface area contributed by atoms with Crippen molar-refractivity contribution in [3.63, 3.8) is 0 Å². The minimum Gasteiger partial charge on any atom is -0.348 e. The van der Waals surface area contributed by atoms with Crippen molar-refractivity contribution in [3.05, 3.63) is 34.9 Å². The van der Waals surface area contributed by atoms with E-state index >= 15 is 0 Å². The van der Waals surface area contributed by atoms with Crippen LogP contribution in [-0.2, 0) is 17.6 Å². The summed E-state index contributed by atoms with van der Waals surface area (Å²) < 4.78 is 37.6. The summed E-state index contributed by atoms with van der Waals surface area (Å²) in [6, 6.07) is 5.89. The molecule has 2 rings (SSSR count). The molecular weight excluding hydrogens is 329 g/mol. The normalized spacial score (nSPS) is 15.4. The molecule has 1 aromatic carbocycles. The van der Waals surface area contributed by atoms with E-state index in [-0.39, 0.29) is 19.1 Å². The van der Waals surface area contributed by atoms with Crippen molar-refractivity contribution in [2.24, 2.45) is 0 Å². The second-order valence-electron chi connectivity index (χ2n) is 6.49. The first kappa shape index (κ1) is 19.3. The summed E-state index contributed by atoms with van der Waals surface area (Å²) in [7, 11) is 0. The molecule has 0 saturated heterocycles. The molecule has 136 valence electrons. The van der Waals surface area contributed by atoms with Gasteiger partial charge in [0.1, 0.15) is 0 Å². The first-order valence-electron chi connectivity index (χ1n) is 8.42. The smallest absolute Gasteiger partial charge is 0.348 e. The predicted octanol–water partition coefficient (Wildman–Crippen LogP) is 3.24. The molecule has 0 aromatic heterocycles. The lowest BCUT2D eigenvalue weighted by Crippen LogP contribution is -2.42. The Balaban J connectivity index is 1.95. The molecule has 0 spiro atoms. The Labute approximate surface area is 146 Å². The lowest BCUT2D eigenvalue weighted by atomic mass is 9.89. The zero-order valence-corrected chi connectivity index (χ0v) is 14.3. The molecule has 0 aliphatic heterocycles. The maximum atomic E-state index is 12.5. The number of carbonyl (C=O) groups is 1. The molecule has 0 unspecified atom stereocenters. The van der Waals surface area contributed by atoms with Gasteiger partial charge in [-0.3, -0.25) is 9.69 Å². The van der Waals surface area contributed by atoms with Gasteiger partial charge in [-0.25, -0.2) is 0 Å². The molecule has 1 N–H and O–H groups in total. The number of nitrogens with one attached hydrogen (secondary N) is 1. The number of hydrogen-bond acceptors (Lipinski definition) is 2. The van der Waals surface area contributed by atoms with Gasteiger partial charge in [0.15, 0.2) is 0 Å². The van der Waals surface area contributed by atoms with Gasteiger partial charge in [0.25, 0.3) is 0 Å². The highest BCUT2D eigenvalue weighted by molar-refractivity contribution is 5.78. The van der Waals surface area contributed by atoms with Gasteiger partial charge in [-0.05, 0) is 49.3 Å². The van der Waals surface area contributed by atoms with Gasteiger partial charge in [-0.1, -0.05) is 24.1 Å². The van der Waals surface area contributed by atoms with Gasteiger partial charge < -0.3 is 5.32 Å². The lowest BCUT2D eigenvalue weighted by molar-refractivity contribution is -0.147. The van der Waals surface area contributed by atoms with Gasteiger partial charge in [0.05, 0.1) is 25.7 Å². The summed E-state index contributed by atoms with van der Waals surface area (Å²) in [5, 5.41) is 2.76. The maximum Gasteiger partial charge on any atom is 0.401 e. The van der Waals surface area contributed by atoms with Gasteiger partial charge in [-0.15, -0.1) is 6.42 Å². The number of carbonyl (C=O) groups excluding carboxylic acids is 1. The highest BCUT2D eigenvalue weighted by Crippen LogP contribution is 2.24. The number of aryl methyl sites for hydroxylation is 2. The summed E-state index contributed by atoms with van der Waals surface area (Å²) in [6.45, 7) is 0.0364. The highest BCUT2D eigenvalue weighted by Gasteiger charge is 2.31. The van der Waals surface area contributed by atoms with Crippen molar-refractivity contribution >= 4 is 5.91 Å². The highest BCUT2D eigenvalue weighted by atomic mass is 19.4. The molecule has 1 amide bonds. The third kappa shape index (κ3) is 6.09. The van der Waals surface area contributed by atoms with E-state index in [9.17, 15) is 18.0 Å². The fourth-order valence-corrected chi connectivity index (χ4v) is 3.15. The van der Waals surface area contributed by atoms with Crippen LogP contribution in [-0.4, -0.2) is 36.6 Å². The Morgan fingerprint density at radius 1 is 1.32 bits per heavy atom. The van der Waals surface area contributed by atoms with Crippen LogP contribution >= 0.6 is 0 Å². The zero-order chi connectivity index (χ0) is 18.4. The Morgan fingerprint density at radius 2 is 2.00 bits per heavy atom. The fourth-order valence-electron chi connectivity index (χ4n) is 3.15. The SMILES string of the molecule is C#CCN(CC(=O)N[C@H](C)c1ccc2c(c1)CCCC2)CC(F)(F)F. The quantitative estimate of drug-likeness (QED) is 0.797. The van der Waals surface area contributed by atoms with Crippen molar-refractivity contribution in [2.45, 2.75) is 44.8 Å². The Kier molecular flexibility index (Phi) is 6.49. The van der Waals surface area contributed by atoms with E-state index in [1.165, 1.54) is 17.5 Å². The maximum absolute atomic E-state index is 12.5. The van der Waals surface area contributed by atoms with E-state index in [2.05, 4.69) is 23.4 Å². The Morgan fingerprint density at radius 3 is 2.64 bits per heavy atom. The second kappa shape index (κ2) is 8.39. The molecule has 1 atom stereocenters. The average Bonchev–Trinajstić information content (AvgIpc) is 2.52. The van der Waals surface area contributed by atoms with Gasteiger partial charge in [0, 0.05) is 0 Å². The van der Waals surface area contributed by atoms with Crippen LogP contribution in [0, 0.1) is 12.3 Å². The predicted molar refractivity (Wildman–Crippen MR) is 91.0 cm³/mol. The van der Waals surface area contributed by atoms with Crippen molar-refractivity contribution in [3.8, 4) is 12.3 Å². The largest absolute Gasteiger partial charge is 0.401 e. The molecule has 0 fully saturated rings. The van der Waals surface area contributed by atoms with Crippen molar-refractivity contribution in [1.82, 2.24) is 10.2 Å². The van der Waals surface area contributed by atoms with E-state index in [4.69, 9.17) is 6.42 Å². The number of halogens is 3. The number of benzene rings is 1. The summed E-state index contributed by atoms with van der Waals surface area (Å²) in [5.74, 6) is 1.69. The van der Waals surface area contributed by atoms with Crippen LogP contribution in [0.15, 0.2) is 18.2 Å². The minimum absolute atomic E-state index is 0.222. The number of nitrogens with zero attached hydrogens (tertiary/aromatic N) is 1. The van der Waals surface area contributed by atoms with E-state index in [1.54, 1.807) is 0 Å². The van der Waals surface area contributed by atoms with E-state index in [0.29, 0.717) is 0 Å². The van der Waals surface area contributed by atoms with Gasteiger partial charge >= 0.3 is 6.18 Å². The number of rotatable bonds is 6. The molecule has 0 bridgehead atoms. The minimum atomic E-state index is -4.39. The molecule has 3 nitrogen and oxygen atoms in total. The van der Waals surface area contributed by atoms with Crippen molar-refractivity contribution < 1.29 is 18.0 Å². The second-order valence-corrected chi connectivity index (χ2v) is 6.49. The van der Waals surface area contributed by atoms with Crippen LogP contribution in [0.5, 0.6) is 0 Å². The van der Waals surface area contributed by atoms with Crippen molar-refractivity contribution in [2.75, 3.05) is 19.6 Å². The molecule has 6 heteroatoms. The van der Waals surface area contributed by atoms with E-state index < -0.39 is 18.6 Å². The summed E-state index contributed by atoms with van der Waals surface area (Å²) >= 11 is 0. The molecular formula is C19H23F3N2O. The molecule has 0 saturated carbocycles. The number of amides is 1. The number of terminal acetylenes is 1. The van der Waals surface area contributed by atoms with Crippen LogP contribution in [0.1, 0.15) is 42.5 Å². The van der Waals surface area contributed by atoms with Crippen LogP contribution in [0.2, 0.25) is 0 Å². The number of fused-ring (bicyclic) bond motifs is 1. The molecule has 0 heterocycles. The van der Waals surface area contributed by atoms with Gasteiger partial charge in [0.2, 0.25) is 5.91 Å². The monoisotopic (exact) mass is 352 g/mol. The Hall–Kier alpha value is -2.00. The molecule has 0 radical (unpaired) electrons. The third-order valence-corrected chi connectivity index (χ3v) is 4.34. The summed E-state index contributed by atoms with van der Waals surface area (Å²) in [6.07, 6.45) is 5.17. The van der Waals surface area contributed by atoms with Crippen LogP contribution in [0.4, 0.5) is 13.2 Å². The lowest BCUT2D eigenvalue weighted by Gasteiger charge is -2.23. The van der Waals surface area contributed by atoms with Crippen LogP contribution in [0.25, 0.3) is 0 Å². The Bertz CT molecular complexity index is 649. The van der Waals surface area contributed by atoms with Crippen LogP contribution < -0.4 is 5.32 Å². The topological polar surface area (TPSA) is 32.3 Å². The van der Waals surface area contributed by atoms with Crippen molar-refractivity contribution in [1.29, 1.82) is 0 Å². The zero-order valence-electron chi connectivity index (χ0n) is 14.3. The standard InChI is InChI=1S/C19H23F3N2O/c1-3-10-24(13-19(20,21)22)12-18(25)23-14(2)16-9-8-15-6-4-5-7-17(15)11-16/h1,8-9,11,14H,4-7,10,12-13H2,2H3,(H,23,25)/t14-/m1/s1. The summed E-state index contributed by atoms with van der Waals surface area (Å²) in [4.78, 5) is 13.0. The number of alkyl halides is 3. The first-order chi connectivity index (χ1) is 11.8. The van der Waals surface area contributed by atoms with E-state index in [1.807, 2.05) is 13.0 Å². The summed E-state index contributed by atoms with van der Waals surface area (Å²) in [5.41, 5.74) is 3.61. The fraction of sp³-hybridized carbons (Fsp3) is 0.526. The first-order valence-corrected chi connectivity index (χ1v) is 8.42. The molecule has 25 heavy (non-hydrogen) atoms. The van der Waals surface area contributed by atoms with Gasteiger partial charge in [-0.2, -0.15) is 13.2 Å². The van der Waals surface area contributed by atoms with E-state index in [0.717, 1.165) is 29.7 Å². The molecule has 1 aliphatic rings. The number of hydrogen-bond donors (Lipinski definition) is 1. The molecule has 1 aliphatic carbocycles. The third-order valence-electron chi connectivity index (χ3n) is 4.34. The average molecular weight is 352 g/mol. The molecule has 1 aromatic rings.